The van der Waals surface area contributed by atoms with Gasteiger partial charge >= 0.3 is 0 Å². The highest BCUT2D eigenvalue weighted by atomic mass is 19.2. The molecule has 0 radical (unpaired) electrons. The SMILES string of the molecule is CCCCCC1CCC(c2ccc(-c3ccc(-c4ccc(CCCC)c(F)c4F)cc3)cc2F)OC1. The van der Waals surface area contributed by atoms with Crippen LogP contribution in [0.5, 0.6) is 0 Å². The first kappa shape index (κ1) is 26.5. The molecule has 3 aromatic carbocycles. The predicted molar refractivity (Wildman–Crippen MR) is 141 cm³/mol. The van der Waals surface area contributed by atoms with Crippen molar-refractivity contribution in [3.63, 3.8) is 0 Å². The lowest BCUT2D eigenvalue weighted by atomic mass is 9.90. The van der Waals surface area contributed by atoms with Crippen LogP contribution >= 0.6 is 0 Å². The van der Waals surface area contributed by atoms with Gasteiger partial charge in [0, 0.05) is 11.1 Å². The molecule has 3 aromatic rings. The Kier molecular flexibility index (Phi) is 9.25. The first-order valence-corrected chi connectivity index (χ1v) is 13.5. The molecule has 0 saturated carbocycles. The van der Waals surface area contributed by atoms with Gasteiger partial charge in [0.25, 0.3) is 0 Å². The Bertz CT molecular complexity index is 1130. The van der Waals surface area contributed by atoms with Gasteiger partial charge in [0.1, 0.15) is 5.82 Å². The van der Waals surface area contributed by atoms with Gasteiger partial charge in [-0.2, -0.15) is 0 Å². The third-order valence-corrected chi connectivity index (χ3v) is 7.42. The molecule has 1 saturated heterocycles. The third-order valence-electron chi connectivity index (χ3n) is 7.42. The average molecular weight is 495 g/mol. The number of ether oxygens (including phenoxy) is 1. The van der Waals surface area contributed by atoms with Crippen molar-refractivity contribution >= 4 is 0 Å². The van der Waals surface area contributed by atoms with E-state index in [1.807, 2.05) is 31.2 Å². The summed E-state index contributed by atoms with van der Waals surface area (Å²) in [6.45, 7) is 4.94. The molecule has 0 aromatic heterocycles. The Balaban J connectivity index is 1.43. The van der Waals surface area contributed by atoms with Gasteiger partial charge in [-0.1, -0.05) is 88.1 Å². The van der Waals surface area contributed by atoms with Gasteiger partial charge in [-0.25, -0.2) is 13.2 Å². The molecule has 1 nitrogen and oxygen atoms in total. The van der Waals surface area contributed by atoms with Gasteiger partial charge in [0.05, 0.1) is 12.7 Å². The molecule has 0 amide bonds. The average Bonchev–Trinajstić information content (AvgIpc) is 2.90. The van der Waals surface area contributed by atoms with Crippen molar-refractivity contribution in [2.75, 3.05) is 6.61 Å². The maximum Gasteiger partial charge on any atom is 0.166 e. The minimum Gasteiger partial charge on any atom is -0.373 e. The van der Waals surface area contributed by atoms with Crippen molar-refractivity contribution in [2.45, 2.75) is 77.7 Å². The molecule has 4 rings (SSSR count). The number of halogens is 3. The minimum absolute atomic E-state index is 0.193. The Labute approximate surface area is 213 Å². The van der Waals surface area contributed by atoms with Crippen molar-refractivity contribution < 1.29 is 17.9 Å². The molecule has 0 N–H and O–H groups in total. The summed E-state index contributed by atoms with van der Waals surface area (Å²) < 4.78 is 50.4. The molecule has 0 aliphatic carbocycles. The zero-order valence-corrected chi connectivity index (χ0v) is 21.5. The number of rotatable bonds is 10. The molecular formula is C32H37F3O. The van der Waals surface area contributed by atoms with E-state index >= 15 is 4.39 Å². The fourth-order valence-electron chi connectivity index (χ4n) is 5.14. The molecule has 0 bridgehead atoms. The normalized spacial score (nSPS) is 17.9. The zero-order valence-electron chi connectivity index (χ0n) is 21.5. The number of benzene rings is 3. The summed E-state index contributed by atoms with van der Waals surface area (Å²) in [4.78, 5) is 0. The summed E-state index contributed by atoms with van der Waals surface area (Å²) in [6, 6.07) is 15.8. The van der Waals surface area contributed by atoms with Crippen LogP contribution in [0.2, 0.25) is 0 Å². The molecular weight excluding hydrogens is 457 g/mol. The molecule has 0 spiro atoms. The molecule has 1 fully saturated rings. The maximum absolute atomic E-state index is 15.1. The second-order valence-electron chi connectivity index (χ2n) is 10.1. The van der Waals surface area contributed by atoms with Gasteiger partial charge in [0.15, 0.2) is 11.6 Å². The van der Waals surface area contributed by atoms with Crippen LogP contribution in [0.1, 0.15) is 82.4 Å². The van der Waals surface area contributed by atoms with E-state index in [1.165, 1.54) is 25.7 Å². The Hall–Kier alpha value is -2.59. The predicted octanol–water partition coefficient (Wildman–Crippen LogP) is 9.83. The monoisotopic (exact) mass is 494 g/mol. The fraction of sp³-hybridized carbons (Fsp3) is 0.438. The Morgan fingerprint density at radius 1 is 0.750 bits per heavy atom. The van der Waals surface area contributed by atoms with E-state index in [-0.39, 0.29) is 17.5 Å². The van der Waals surface area contributed by atoms with Crippen LogP contribution in [0.25, 0.3) is 22.3 Å². The van der Waals surface area contributed by atoms with Crippen LogP contribution in [-0.4, -0.2) is 6.61 Å². The van der Waals surface area contributed by atoms with Crippen molar-refractivity contribution in [3.05, 3.63) is 83.2 Å². The van der Waals surface area contributed by atoms with Crippen molar-refractivity contribution in [1.29, 1.82) is 0 Å². The second kappa shape index (κ2) is 12.6. The van der Waals surface area contributed by atoms with E-state index in [0.717, 1.165) is 36.8 Å². The van der Waals surface area contributed by atoms with E-state index in [0.29, 0.717) is 35.6 Å². The highest BCUT2D eigenvalue weighted by molar-refractivity contribution is 5.71. The third kappa shape index (κ3) is 6.21. The van der Waals surface area contributed by atoms with Gasteiger partial charge in [-0.15, -0.1) is 0 Å². The van der Waals surface area contributed by atoms with Crippen LogP contribution < -0.4 is 0 Å². The largest absolute Gasteiger partial charge is 0.373 e. The summed E-state index contributed by atoms with van der Waals surface area (Å²) in [5.74, 6) is -1.26. The highest BCUT2D eigenvalue weighted by Crippen LogP contribution is 2.36. The minimum atomic E-state index is -0.813. The quantitative estimate of drug-likeness (QED) is 0.255. The lowest BCUT2D eigenvalue weighted by Gasteiger charge is -2.29. The smallest absolute Gasteiger partial charge is 0.166 e. The molecule has 1 aliphatic rings. The topological polar surface area (TPSA) is 9.23 Å². The highest BCUT2D eigenvalue weighted by Gasteiger charge is 2.25. The fourth-order valence-corrected chi connectivity index (χ4v) is 5.14. The number of aryl methyl sites for hydroxylation is 1. The zero-order chi connectivity index (χ0) is 25.5. The van der Waals surface area contributed by atoms with Crippen LogP contribution in [0.4, 0.5) is 13.2 Å². The van der Waals surface area contributed by atoms with Crippen LogP contribution in [0, 0.1) is 23.4 Å². The summed E-state index contributed by atoms with van der Waals surface area (Å²) >= 11 is 0. The second-order valence-corrected chi connectivity index (χ2v) is 10.1. The molecule has 192 valence electrons. The van der Waals surface area contributed by atoms with Gasteiger partial charge in [0.2, 0.25) is 0 Å². The first-order chi connectivity index (χ1) is 17.5. The lowest BCUT2D eigenvalue weighted by Crippen LogP contribution is -2.21. The van der Waals surface area contributed by atoms with Crippen molar-refractivity contribution in [2.24, 2.45) is 5.92 Å². The Morgan fingerprint density at radius 3 is 2.14 bits per heavy atom. The molecule has 36 heavy (non-hydrogen) atoms. The van der Waals surface area contributed by atoms with E-state index < -0.39 is 11.6 Å². The van der Waals surface area contributed by atoms with Crippen LogP contribution in [-0.2, 0) is 11.2 Å². The van der Waals surface area contributed by atoms with Gasteiger partial charge in [-0.05, 0) is 66.3 Å². The summed E-state index contributed by atoms with van der Waals surface area (Å²) in [5.41, 5.74) is 3.44. The number of unbranched alkanes of at least 4 members (excludes halogenated alkanes) is 3. The van der Waals surface area contributed by atoms with Crippen LogP contribution in [0.15, 0.2) is 54.6 Å². The van der Waals surface area contributed by atoms with Crippen molar-refractivity contribution in [3.8, 4) is 22.3 Å². The summed E-state index contributed by atoms with van der Waals surface area (Å²) in [7, 11) is 0. The van der Waals surface area contributed by atoms with Gasteiger partial charge < -0.3 is 4.74 Å². The molecule has 1 heterocycles. The number of hydrogen-bond donors (Lipinski definition) is 0. The lowest BCUT2D eigenvalue weighted by molar-refractivity contribution is -0.0215. The van der Waals surface area contributed by atoms with Crippen LogP contribution in [0.3, 0.4) is 0 Å². The van der Waals surface area contributed by atoms with E-state index in [9.17, 15) is 8.78 Å². The Morgan fingerprint density at radius 2 is 1.47 bits per heavy atom. The first-order valence-electron chi connectivity index (χ1n) is 13.5. The summed E-state index contributed by atoms with van der Waals surface area (Å²) in [5, 5.41) is 0. The van der Waals surface area contributed by atoms with E-state index in [2.05, 4.69) is 6.92 Å². The molecule has 2 unspecified atom stereocenters. The number of hydrogen-bond acceptors (Lipinski definition) is 1. The summed E-state index contributed by atoms with van der Waals surface area (Å²) in [6.07, 6.45) is 8.93. The molecule has 4 heteroatoms. The maximum atomic E-state index is 15.1. The van der Waals surface area contributed by atoms with Gasteiger partial charge in [-0.3, -0.25) is 0 Å². The molecule has 1 aliphatic heterocycles. The van der Waals surface area contributed by atoms with Crippen molar-refractivity contribution in [1.82, 2.24) is 0 Å². The van der Waals surface area contributed by atoms with E-state index in [1.54, 1.807) is 30.3 Å². The van der Waals surface area contributed by atoms with E-state index in [4.69, 9.17) is 4.74 Å². The molecule has 2 atom stereocenters. The standard InChI is InChI=1S/C32H37F3O/c1-3-5-7-8-22-10-19-30(36-21-22)28-18-16-26(20-29(28)33)23-11-13-24(14-12-23)27-17-15-25(9-6-4-2)31(34)32(27)35/h11-18,20,22,30H,3-10,19,21H2,1-2H3.